The first kappa shape index (κ1) is 21.9. The molecule has 1 heterocycles. The Balaban J connectivity index is 1.55. The molecule has 0 aliphatic carbocycles. The fourth-order valence-electron chi connectivity index (χ4n) is 3.29. The van der Waals surface area contributed by atoms with Crippen LogP contribution in [0.25, 0.3) is 6.08 Å². The number of hydrogen-bond donors (Lipinski definition) is 1. The van der Waals surface area contributed by atoms with Gasteiger partial charge in [-0.1, -0.05) is 12.1 Å². The van der Waals surface area contributed by atoms with E-state index < -0.39 is 5.97 Å². The molecule has 1 N–H and O–H groups in total. The average Bonchev–Trinajstić information content (AvgIpc) is 3.13. The minimum atomic E-state index is -0.682. The van der Waals surface area contributed by atoms with Crippen LogP contribution in [-0.2, 0) is 0 Å². The number of para-hydroxylation sites is 1. The van der Waals surface area contributed by atoms with Crippen LogP contribution < -0.4 is 24.2 Å². The van der Waals surface area contributed by atoms with Crippen molar-refractivity contribution in [2.45, 2.75) is 0 Å². The maximum Gasteiger partial charge on any atom is 0.343 e. The summed E-state index contributed by atoms with van der Waals surface area (Å²) in [6.07, 6.45) is 1.55. The van der Waals surface area contributed by atoms with Crippen molar-refractivity contribution < 1.29 is 33.7 Å². The quantitative estimate of drug-likeness (QED) is 0.256. The van der Waals surface area contributed by atoms with E-state index in [1.54, 1.807) is 24.3 Å². The van der Waals surface area contributed by atoms with Gasteiger partial charge in [-0.3, -0.25) is 10.0 Å². The van der Waals surface area contributed by atoms with Crippen molar-refractivity contribution in [3.05, 3.63) is 88.3 Å². The van der Waals surface area contributed by atoms with Gasteiger partial charge in [-0.2, -0.15) is 0 Å². The lowest BCUT2D eigenvalue weighted by molar-refractivity contribution is 0.0734. The zero-order chi connectivity index (χ0) is 23.5. The van der Waals surface area contributed by atoms with Gasteiger partial charge in [0.2, 0.25) is 5.78 Å². The smallest absolute Gasteiger partial charge is 0.343 e. The maximum absolute atomic E-state index is 12.8. The summed E-state index contributed by atoms with van der Waals surface area (Å²) in [6, 6.07) is 14.9. The molecule has 0 amide bonds. The lowest BCUT2D eigenvalue weighted by Gasteiger charge is -2.21. The van der Waals surface area contributed by atoms with Crippen molar-refractivity contribution >= 4 is 23.5 Å². The van der Waals surface area contributed by atoms with Crippen LogP contribution >= 0.6 is 0 Å². The third-order valence-electron chi connectivity index (χ3n) is 4.90. The Labute approximate surface area is 188 Å². The maximum atomic E-state index is 12.8. The Morgan fingerprint density at radius 2 is 1.82 bits per heavy atom. The van der Waals surface area contributed by atoms with E-state index in [1.165, 1.54) is 56.7 Å². The molecule has 0 saturated heterocycles. The van der Waals surface area contributed by atoms with Crippen molar-refractivity contribution in [2.75, 3.05) is 19.4 Å². The second-order valence-electron chi connectivity index (χ2n) is 6.89. The number of Topliss-reactive ketones (excluding diaryl/α,β-unsaturated/α-hetero) is 1. The predicted octanol–water partition coefficient (Wildman–Crippen LogP) is 4.23. The summed E-state index contributed by atoms with van der Waals surface area (Å²) in [5, 5.41) is 19.4. The topological polar surface area (TPSA) is 118 Å². The van der Waals surface area contributed by atoms with Crippen LogP contribution in [0.2, 0.25) is 0 Å². The van der Waals surface area contributed by atoms with Gasteiger partial charge in [-0.15, -0.1) is 0 Å². The zero-order valence-electron chi connectivity index (χ0n) is 17.6. The Hall–Kier alpha value is -4.34. The van der Waals surface area contributed by atoms with Gasteiger partial charge in [-0.25, -0.2) is 4.79 Å². The van der Waals surface area contributed by atoms with E-state index in [2.05, 4.69) is 0 Å². The highest BCUT2D eigenvalue weighted by molar-refractivity contribution is 6.14. The van der Waals surface area contributed by atoms with E-state index in [1.807, 2.05) is 0 Å². The van der Waals surface area contributed by atoms with Crippen molar-refractivity contribution in [3.63, 3.8) is 0 Å². The van der Waals surface area contributed by atoms with Crippen molar-refractivity contribution in [1.82, 2.24) is 0 Å². The van der Waals surface area contributed by atoms with Gasteiger partial charge in [0.05, 0.1) is 31.0 Å². The molecule has 3 aromatic carbocycles. The van der Waals surface area contributed by atoms with Crippen LogP contribution in [0.3, 0.4) is 0 Å². The van der Waals surface area contributed by atoms with E-state index in [4.69, 9.17) is 24.2 Å². The fourth-order valence-corrected chi connectivity index (χ4v) is 3.29. The van der Waals surface area contributed by atoms with E-state index in [-0.39, 0.29) is 39.5 Å². The summed E-state index contributed by atoms with van der Waals surface area (Å²) in [5.74, 6) is 0.467. The minimum absolute atomic E-state index is 0.0250. The van der Waals surface area contributed by atoms with Crippen LogP contribution in [0.4, 0.5) is 5.69 Å². The highest BCUT2D eigenvalue weighted by Gasteiger charge is 2.28. The van der Waals surface area contributed by atoms with Crippen molar-refractivity contribution in [2.24, 2.45) is 0 Å². The lowest BCUT2D eigenvalue weighted by atomic mass is 10.1. The molecule has 0 aromatic heterocycles. The summed E-state index contributed by atoms with van der Waals surface area (Å²) in [4.78, 5) is 25.1. The first-order valence-corrected chi connectivity index (χ1v) is 9.69. The number of carbonyl (C=O) groups excluding carboxylic acids is 2. The van der Waals surface area contributed by atoms with Gasteiger partial charge in [0.1, 0.15) is 11.5 Å². The Bertz CT molecular complexity index is 1250. The molecule has 4 rings (SSSR count). The van der Waals surface area contributed by atoms with Crippen LogP contribution in [-0.4, -0.2) is 31.2 Å². The van der Waals surface area contributed by atoms with Gasteiger partial charge in [0, 0.05) is 11.6 Å². The van der Waals surface area contributed by atoms with Crippen LogP contribution in [0.5, 0.6) is 23.0 Å². The lowest BCUT2D eigenvalue weighted by Crippen LogP contribution is -2.10. The monoisotopic (exact) mass is 448 g/mol. The Morgan fingerprint density at radius 3 is 2.48 bits per heavy atom. The molecule has 0 spiro atoms. The number of ether oxygens (including phenoxy) is 4. The molecule has 168 valence electrons. The third-order valence-corrected chi connectivity index (χ3v) is 4.90. The van der Waals surface area contributed by atoms with E-state index in [9.17, 15) is 14.8 Å². The number of anilines is 1. The first-order chi connectivity index (χ1) is 15.9. The molecule has 33 heavy (non-hydrogen) atoms. The van der Waals surface area contributed by atoms with E-state index >= 15 is 0 Å². The fraction of sp³-hybridized carbons (Fsp3) is 0.0833. The Kier molecular flexibility index (Phi) is 5.99. The Morgan fingerprint density at radius 1 is 1.06 bits per heavy atom. The second-order valence-corrected chi connectivity index (χ2v) is 6.89. The number of esters is 1. The number of methoxy groups -OCH3 is 2. The summed E-state index contributed by atoms with van der Waals surface area (Å²) in [6.45, 7) is 0. The number of carbonyl (C=O) groups is 2. The molecular weight excluding hydrogens is 430 g/mol. The molecule has 0 unspecified atom stereocenters. The number of ketones is 1. The van der Waals surface area contributed by atoms with Crippen LogP contribution in [0.1, 0.15) is 26.3 Å². The molecule has 9 heteroatoms. The number of allylic oxidation sites excluding steroid dienone is 1. The normalized spacial score (nSPS) is 13.3. The number of fused-ring (bicyclic) bond motifs is 1. The van der Waals surface area contributed by atoms with E-state index in [0.717, 1.165) is 0 Å². The minimum Gasteiger partial charge on any atom is -0.733 e. The molecule has 0 fully saturated rings. The largest absolute Gasteiger partial charge is 0.733 e. The molecule has 9 nitrogen and oxygen atoms in total. The van der Waals surface area contributed by atoms with E-state index in [0.29, 0.717) is 22.6 Å². The molecule has 1 aliphatic heterocycles. The van der Waals surface area contributed by atoms with Crippen molar-refractivity contribution in [3.8, 4) is 23.0 Å². The highest BCUT2D eigenvalue weighted by atomic mass is 16.8. The third kappa shape index (κ3) is 4.36. The molecule has 0 saturated carbocycles. The highest BCUT2D eigenvalue weighted by Crippen LogP contribution is 2.37. The van der Waals surface area contributed by atoms with Gasteiger partial charge < -0.3 is 29.4 Å². The van der Waals surface area contributed by atoms with Gasteiger partial charge in [0.25, 0.3) is 0 Å². The number of nitrogens with zero attached hydrogens (tertiary/aromatic N) is 1. The van der Waals surface area contributed by atoms with Crippen LogP contribution in [0.15, 0.2) is 66.4 Å². The van der Waals surface area contributed by atoms with Gasteiger partial charge in [-0.05, 0) is 48.5 Å². The molecule has 3 aromatic rings. The molecule has 1 aliphatic rings. The van der Waals surface area contributed by atoms with Crippen molar-refractivity contribution in [1.29, 1.82) is 0 Å². The summed E-state index contributed by atoms with van der Waals surface area (Å²) in [7, 11) is 3.02. The molecule has 0 bridgehead atoms. The molecule has 0 radical (unpaired) electrons. The zero-order valence-corrected chi connectivity index (χ0v) is 17.6. The molecule has 0 atom stereocenters. The SMILES string of the molecule is COc1cccc(C=C2Oc3cc(OC(=O)c4ccc(N([O-])O)cc4)ccc3C2=O)c1OC. The number of benzene rings is 3. The number of hydrogen-bond acceptors (Lipinski definition) is 9. The first-order valence-electron chi connectivity index (χ1n) is 9.69. The standard InChI is InChI=1S/C24H18NO8/c1-30-19-5-3-4-15(23(19)31-2)12-21-22(26)18-11-10-17(13-20(18)33-21)32-24(27)14-6-8-16(9-7-14)25(28)29/h3-13,28H,1-2H3/q-1. The van der Waals surface area contributed by atoms with Gasteiger partial charge >= 0.3 is 5.97 Å². The number of rotatable bonds is 6. The molecular formula is C24H18NO8-. The summed E-state index contributed by atoms with van der Waals surface area (Å²) in [5.41, 5.74) is 1.07. The summed E-state index contributed by atoms with van der Waals surface area (Å²) < 4.78 is 21.7. The summed E-state index contributed by atoms with van der Waals surface area (Å²) >= 11 is 0. The second kappa shape index (κ2) is 9.03. The average molecular weight is 448 g/mol. The van der Waals surface area contributed by atoms with Gasteiger partial charge in [0.15, 0.2) is 17.3 Å². The van der Waals surface area contributed by atoms with Crippen LogP contribution in [0, 0.1) is 5.21 Å². The predicted molar refractivity (Wildman–Crippen MR) is 118 cm³/mol.